The van der Waals surface area contributed by atoms with Crippen LogP contribution in [-0.4, -0.2) is 15.6 Å². The molecule has 2 rings (SSSR count). The average molecular weight is 269 g/mol. The summed E-state index contributed by atoms with van der Waals surface area (Å²) in [5.41, 5.74) is 6.72. The van der Waals surface area contributed by atoms with Crippen molar-refractivity contribution in [3.8, 4) is 5.69 Å². The lowest BCUT2D eigenvalue weighted by molar-refractivity contribution is -0.131. The maximum Gasteiger partial charge on any atom is 0.328 e. The van der Waals surface area contributed by atoms with E-state index in [0.717, 1.165) is 22.6 Å². The van der Waals surface area contributed by atoms with Gasteiger partial charge < -0.3 is 9.67 Å². The second-order valence-corrected chi connectivity index (χ2v) is 5.05. The van der Waals surface area contributed by atoms with Crippen LogP contribution in [0.25, 0.3) is 11.8 Å². The quantitative estimate of drug-likeness (QED) is 0.861. The number of carbonyl (C=O) groups is 1. The Kier molecular flexibility index (Phi) is 3.79. The van der Waals surface area contributed by atoms with E-state index in [9.17, 15) is 4.79 Å². The molecule has 0 saturated heterocycles. The van der Waals surface area contributed by atoms with Crippen LogP contribution in [0.1, 0.15) is 28.1 Å². The zero-order chi connectivity index (χ0) is 14.9. The molecule has 3 nitrogen and oxygen atoms in total. The molecule has 0 bridgehead atoms. The van der Waals surface area contributed by atoms with Gasteiger partial charge in [-0.1, -0.05) is 12.1 Å². The molecule has 0 unspecified atom stereocenters. The summed E-state index contributed by atoms with van der Waals surface area (Å²) in [6.07, 6.45) is 2.82. The highest BCUT2D eigenvalue weighted by atomic mass is 16.4. The topological polar surface area (TPSA) is 42.2 Å². The summed E-state index contributed by atoms with van der Waals surface area (Å²) in [4.78, 5) is 10.7. The van der Waals surface area contributed by atoms with Gasteiger partial charge in [0.1, 0.15) is 0 Å². The third-order valence-electron chi connectivity index (χ3n) is 3.69. The first-order valence-electron chi connectivity index (χ1n) is 6.58. The second kappa shape index (κ2) is 5.37. The molecule has 1 aromatic carbocycles. The lowest BCUT2D eigenvalue weighted by atomic mass is 10.1. The molecule has 0 fully saturated rings. The van der Waals surface area contributed by atoms with E-state index in [0.29, 0.717) is 0 Å². The molecule has 0 amide bonds. The van der Waals surface area contributed by atoms with Gasteiger partial charge in [-0.25, -0.2) is 4.79 Å². The molecule has 20 heavy (non-hydrogen) atoms. The first kappa shape index (κ1) is 14.1. The Morgan fingerprint density at radius 2 is 1.90 bits per heavy atom. The molecule has 0 aliphatic heterocycles. The van der Waals surface area contributed by atoms with Crippen molar-refractivity contribution in [1.29, 1.82) is 0 Å². The summed E-state index contributed by atoms with van der Waals surface area (Å²) >= 11 is 0. The van der Waals surface area contributed by atoms with Crippen molar-refractivity contribution in [2.24, 2.45) is 0 Å². The summed E-state index contributed by atoms with van der Waals surface area (Å²) in [5, 5.41) is 8.75. The van der Waals surface area contributed by atoms with Gasteiger partial charge in [-0.2, -0.15) is 0 Å². The van der Waals surface area contributed by atoms with E-state index in [4.69, 9.17) is 5.11 Å². The van der Waals surface area contributed by atoms with Crippen molar-refractivity contribution in [2.45, 2.75) is 27.7 Å². The van der Waals surface area contributed by atoms with Crippen LogP contribution in [0.15, 0.2) is 30.3 Å². The number of aliphatic carboxylic acids is 1. The molecule has 0 aliphatic rings. The first-order valence-corrected chi connectivity index (χ1v) is 6.58. The fourth-order valence-corrected chi connectivity index (χ4v) is 2.47. The van der Waals surface area contributed by atoms with Gasteiger partial charge >= 0.3 is 5.97 Å². The Hall–Kier alpha value is -2.29. The standard InChI is InChI=1S/C17H19NO2/c1-11-6-5-7-16(13(11)3)18-12(2)10-15(14(18)4)8-9-17(19)20/h5-10H,1-4H3,(H,19,20)/b9-8+. The molecule has 1 N–H and O–H groups in total. The minimum Gasteiger partial charge on any atom is -0.478 e. The van der Waals surface area contributed by atoms with Crippen LogP contribution in [-0.2, 0) is 4.79 Å². The number of rotatable bonds is 3. The number of carboxylic acid groups (broad SMARTS) is 1. The Morgan fingerprint density at radius 1 is 1.20 bits per heavy atom. The van der Waals surface area contributed by atoms with Crippen molar-refractivity contribution in [3.63, 3.8) is 0 Å². The zero-order valence-corrected chi connectivity index (χ0v) is 12.3. The summed E-state index contributed by atoms with van der Waals surface area (Å²) < 4.78 is 2.17. The fourth-order valence-electron chi connectivity index (χ4n) is 2.47. The van der Waals surface area contributed by atoms with Gasteiger partial charge in [0.15, 0.2) is 0 Å². The van der Waals surface area contributed by atoms with Crippen molar-refractivity contribution >= 4 is 12.0 Å². The first-order chi connectivity index (χ1) is 9.41. The van der Waals surface area contributed by atoms with E-state index in [2.05, 4.69) is 30.5 Å². The molecule has 2 aromatic rings. The summed E-state index contributed by atoms with van der Waals surface area (Å²) in [7, 11) is 0. The molecule has 0 aliphatic carbocycles. The van der Waals surface area contributed by atoms with Crippen molar-refractivity contribution in [2.75, 3.05) is 0 Å². The molecule has 104 valence electrons. The van der Waals surface area contributed by atoms with Crippen LogP contribution in [0.5, 0.6) is 0 Å². The molecule has 0 spiro atoms. The van der Waals surface area contributed by atoms with E-state index in [1.807, 2.05) is 26.0 Å². The molecule has 0 saturated carbocycles. The number of aryl methyl sites for hydroxylation is 2. The number of aromatic nitrogens is 1. The lowest BCUT2D eigenvalue weighted by Crippen LogP contribution is -2.02. The Balaban J connectivity index is 2.58. The molecule has 1 aromatic heterocycles. The normalized spacial score (nSPS) is 11.2. The average Bonchev–Trinajstić information content (AvgIpc) is 2.66. The van der Waals surface area contributed by atoms with Crippen LogP contribution in [0, 0.1) is 27.7 Å². The molecule has 3 heteroatoms. The van der Waals surface area contributed by atoms with Gasteiger partial charge in [0.25, 0.3) is 0 Å². The monoisotopic (exact) mass is 269 g/mol. The summed E-state index contributed by atoms with van der Waals surface area (Å²) in [5.74, 6) is -0.929. The molecule has 1 heterocycles. The third-order valence-corrected chi connectivity index (χ3v) is 3.69. The van der Waals surface area contributed by atoms with Gasteiger partial charge in [-0.15, -0.1) is 0 Å². The maximum absolute atomic E-state index is 10.7. The summed E-state index contributed by atoms with van der Waals surface area (Å²) in [6.45, 7) is 8.25. The van der Waals surface area contributed by atoms with Gasteiger partial charge in [-0.05, 0) is 62.6 Å². The maximum atomic E-state index is 10.7. The van der Waals surface area contributed by atoms with E-state index in [1.54, 1.807) is 6.08 Å². The van der Waals surface area contributed by atoms with Crippen molar-refractivity contribution < 1.29 is 9.90 Å². The number of nitrogens with zero attached hydrogens (tertiary/aromatic N) is 1. The summed E-state index contributed by atoms with van der Waals surface area (Å²) in [6, 6.07) is 8.24. The Labute approximate surface area is 119 Å². The number of hydrogen-bond acceptors (Lipinski definition) is 1. The van der Waals surface area contributed by atoms with E-state index >= 15 is 0 Å². The molecular formula is C17H19NO2. The van der Waals surface area contributed by atoms with Crippen LogP contribution in [0.2, 0.25) is 0 Å². The fraction of sp³-hybridized carbons (Fsp3) is 0.235. The van der Waals surface area contributed by atoms with Gasteiger partial charge in [0.05, 0.1) is 0 Å². The van der Waals surface area contributed by atoms with E-state index in [1.165, 1.54) is 17.2 Å². The predicted octanol–water partition coefficient (Wildman–Crippen LogP) is 3.81. The Bertz CT molecular complexity index is 693. The van der Waals surface area contributed by atoms with Crippen molar-refractivity contribution in [1.82, 2.24) is 4.57 Å². The highest BCUT2D eigenvalue weighted by Crippen LogP contribution is 2.25. The van der Waals surface area contributed by atoms with Crippen LogP contribution in [0.3, 0.4) is 0 Å². The number of hydrogen-bond donors (Lipinski definition) is 1. The van der Waals surface area contributed by atoms with Gasteiger partial charge in [0, 0.05) is 23.2 Å². The SMILES string of the molecule is Cc1cccc(-n2c(C)cc(/C=C/C(=O)O)c2C)c1C. The van der Waals surface area contributed by atoms with Crippen LogP contribution < -0.4 is 0 Å². The molecule has 0 atom stereocenters. The zero-order valence-electron chi connectivity index (χ0n) is 12.3. The number of benzene rings is 1. The molecule has 0 radical (unpaired) electrons. The minimum atomic E-state index is -0.929. The Morgan fingerprint density at radius 3 is 2.55 bits per heavy atom. The second-order valence-electron chi connectivity index (χ2n) is 5.05. The molecular weight excluding hydrogens is 250 g/mol. The highest BCUT2D eigenvalue weighted by molar-refractivity contribution is 5.85. The highest BCUT2D eigenvalue weighted by Gasteiger charge is 2.11. The van der Waals surface area contributed by atoms with Gasteiger partial charge in [-0.3, -0.25) is 0 Å². The number of carboxylic acids is 1. The largest absolute Gasteiger partial charge is 0.478 e. The van der Waals surface area contributed by atoms with E-state index < -0.39 is 5.97 Å². The van der Waals surface area contributed by atoms with Crippen molar-refractivity contribution in [3.05, 3.63) is 58.4 Å². The van der Waals surface area contributed by atoms with Gasteiger partial charge in [0.2, 0.25) is 0 Å². The van der Waals surface area contributed by atoms with Crippen LogP contribution in [0.4, 0.5) is 0 Å². The smallest absolute Gasteiger partial charge is 0.328 e. The predicted molar refractivity (Wildman–Crippen MR) is 81.4 cm³/mol. The minimum absolute atomic E-state index is 0.929. The lowest BCUT2D eigenvalue weighted by Gasteiger charge is -2.14. The van der Waals surface area contributed by atoms with Crippen LogP contribution >= 0.6 is 0 Å². The third kappa shape index (κ3) is 2.52. The van der Waals surface area contributed by atoms with E-state index in [-0.39, 0.29) is 0 Å².